The van der Waals surface area contributed by atoms with E-state index >= 15 is 0 Å². The van der Waals surface area contributed by atoms with Gasteiger partial charge >= 0.3 is 0 Å². The van der Waals surface area contributed by atoms with E-state index < -0.39 is 11.6 Å². The second kappa shape index (κ2) is 4.92. The van der Waals surface area contributed by atoms with Crippen molar-refractivity contribution in [2.24, 2.45) is 0 Å². The second-order valence-corrected chi connectivity index (χ2v) is 5.27. The number of para-hydroxylation sites is 2. The Kier molecular flexibility index (Phi) is 2.88. The zero-order valence-electron chi connectivity index (χ0n) is 11.9. The molecule has 0 radical (unpaired) electrons. The van der Waals surface area contributed by atoms with Crippen LogP contribution in [0.3, 0.4) is 0 Å². The van der Waals surface area contributed by atoms with Crippen LogP contribution in [0.25, 0.3) is 27.5 Å². The first-order chi connectivity index (χ1) is 11.2. The highest BCUT2D eigenvalue weighted by Crippen LogP contribution is 2.34. The minimum atomic E-state index is -0.761. The maximum absolute atomic E-state index is 14.5. The van der Waals surface area contributed by atoms with Gasteiger partial charge in [-0.05, 0) is 18.2 Å². The number of halogens is 2. The summed E-state index contributed by atoms with van der Waals surface area (Å²) in [6.45, 7) is 0. The lowest BCUT2D eigenvalue weighted by molar-refractivity contribution is 0.578. The number of hydrogen-bond donors (Lipinski definition) is 0. The van der Waals surface area contributed by atoms with Gasteiger partial charge in [-0.25, -0.2) is 8.78 Å². The van der Waals surface area contributed by atoms with Crippen LogP contribution in [0.4, 0.5) is 8.78 Å². The van der Waals surface area contributed by atoms with E-state index in [0.717, 1.165) is 33.9 Å². The Morgan fingerprint density at radius 1 is 0.826 bits per heavy atom. The van der Waals surface area contributed by atoms with Crippen LogP contribution >= 0.6 is 0 Å². The van der Waals surface area contributed by atoms with Gasteiger partial charge < -0.3 is 4.57 Å². The summed E-state index contributed by atoms with van der Waals surface area (Å²) in [5.74, 6) is -1.52. The highest BCUT2D eigenvalue weighted by atomic mass is 19.1. The van der Waals surface area contributed by atoms with Crippen LogP contribution in [0.15, 0.2) is 60.7 Å². The van der Waals surface area contributed by atoms with Crippen LogP contribution in [-0.2, 0) is 0 Å². The maximum Gasteiger partial charge on any atom is 0.151 e. The van der Waals surface area contributed by atoms with Crippen molar-refractivity contribution in [3.05, 3.63) is 77.9 Å². The van der Waals surface area contributed by atoms with Crippen LogP contribution in [0.5, 0.6) is 0 Å². The lowest BCUT2D eigenvalue weighted by Gasteiger charge is -2.11. The molecule has 0 amide bonds. The molecule has 4 aromatic rings. The Bertz CT molecular complexity index is 1050. The van der Waals surface area contributed by atoms with E-state index in [1.807, 2.05) is 54.6 Å². The number of rotatable bonds is 1. The Hall–Kier alpha value is -3.19. The third-order valence-electron chi connectivity index (χ3n) is 3.95. The van der Waals surface area contributed by atoms with E-state index in [1.165, 1.54) is 0 Å². The molecule has 23 heavy (non-hydrogen) atoms. The lowest BCUT2D eigenvalue weighted by Crippen LogP contribution is -2.02. The number of benzene rings is 3. The number of nitriles is 1. The highest BCUT2D eigenvalue weighted by molar-refractivity contribution is 6.09. The van der Waals surface area contributed by atoms with E-state index in [4.69, 9.17) is 0 Å². The van der Waals surface area contributed by atoms with Crippen LogP contribution in [0, 0.1) is 23.0 Å². The molecule has 110 valence electrons. The molecular weight excluding hydrogens is 294 g/mol. The lowest BCUT2D eigenvalue weighted by atomic mass is 10.1. The van der Waals surface area contributed by atoms with Gasteiger partial charge in [0.15, 0.2) is 5.82 Å². The fourth-order valence-electron chi connectivity index (χ4n) is 3.04. The second-order valence-electron chi connectivity index (χ2n) is 5.27. The molecular formula is C19H10F2N2. The molecule has 0 fully saturated rings. The molecule has 2 nitrogen and oxygen atoms in total. The van der Waals surface area contributed by atoms with Crippen molar-refractivity contribution in [1.82, 2.24) is 4.57 Å². The zero-order valence-corrected chi connectivity index (χ0v) is 11.9. The summed E-state index contributed by atoms with van der Waals surface area (Å²) in [5, 5.41) is 11.2. The predicted molar refractivity (Wildman–Crippen MR) is 85.4 cm³/mol. The smallest absolute Gasteiger partial charge is 0.151 e. The molecule has 4 rings (SSSR count). The Morgan fingerprint density at radius 2 is 1.39 bits per heavy atom. The summed E-state index contributed by atoms with van der Waals surface area (Å²) in [6.07, 6.45) is 0. The molecule has 1 aromatic heterocycles. The van der Waals surface area contributed by atoms with Crippen molar-refractivity contribution >= 4 is 21.8 Å². The zero-order chi connectivity index (χ0) is 16.0. The fraction of sp³-hybridized carbons (Fsp3) is 0. The van der Waals surface area contributed by atoms with Crippen molar-refractivity contribution in [3.63, 3.8) is 0 Å². The van der Waals surface area contributed by atoms with Crippen molar-refractivity contribution < 1.29 is 8.78 Å². The molecule has 0 atom stereocenters. The quantitative estimate of drug-likeness (QED) is 0.490. The van der Waals surface area contributed by atoms with E-state index in [2.05, 4.69) is 0 Å². The maximum atomic E-state index is 14.5. The summed E-state index contributed by atoms with van der Waals surface area (Å²) in [4.78, 5) is 0. The van der Waals surface area contributed by atoms with E-state index in [0.29, 0.717) is 0 Å². The molecule has 0 aliphatic rings. The van der Waals surface area contributed by atoms with Gasteiger partial charge in [0.25, 0.3) is 0 Å². The highest BCUT2D eigenvalue weighted by Gasteiger charge is 2.18. The minimum Gasteiger partial charge on any atom is -0.305 e. The molecule has 0 aliphatic heterocycles. The van der Waals surface area contributed by atoms with Crippen molar-refractivity contribution in [2.45, 2.75) is 0 Å². The van der Waals surface area contributed by atoms with E-state index in [9.17, 15) is 14.0 Å². The summed E-state index contributed by atoms with van der Waals surface area (Å²) < 4.78 is 29.6. The summed E-state index contributed by atoms with van der Waals surface area (Å²) in [7, 11) is 0. The molecule has 0 saturated carbocycles. The SMILES string of the molecule is N#Cc1cc(F)cc(F)c1-n1c2ccccc2c2ccccc21. The molecule has 0 aliphatic carbocycles. The van der Waals surface area contributed by atoms with Gasteiger partial charge in [-0.3, -0.25) is 0 Å². The van der Waals surface area contributed by atoms with Crippen molar-refractivity contribution in [1.29, 1.82) is 5.26 Å². The first-order valence-electron chi connectivity index (χ1n) is 7.08. The summed E-state index contributed by atoms with van der Waals surface area (Å²) >= 11 is 0. The first kappa shape index (κ1) is 13.5. The largest absolute Gasteiger partial charge is 0.305 e. The number of aromatic nitrogens is 1. The summed E-state index contributed by atoms with van der Waals surface area (Å²) in [6, 6.07) is 18.9. The molecule has 0 bridgehead atoms. The Morgan fingerprint density at radius 3 is 1.96 bits per heavy atom. The van der Waals surface area contributed by atoms with Crippen molar-refractivity contribution in [2.75, 3.05) is 0 Å². The average Bonchev–Trinajstić information content (AvgIpc) is 2.89. The number of fused-ring (bicyclic) bond motifs is 3. The fourth-order valence-corrected chi connectivity index (χ4v) is 3.04. The number of hydrogen-bond acceptors (Lipinski definition) is 1. The number of nitrogens with zero attached hydrogens (tertiary/aromatic N) is 2. The van der Waals surface area contributed by atoms with Gasteiger partial charge in [0.2, 0.25) is 0 Å². The van der Waals surface area contributed by atoms with Crippen LogP contribution in [-0.4, -0.2) is 4.57 Å². The van der Waals surface area contributed by atoms with Gasteiger partial charge in [-0.15, -0.1) is 0 Å². The summed E-state index contributed by atoms with van der Waals surface area (Å²) in [5.41, 5.74) is 1.59. The van der Waals surface area contributed by atoms with E-state index in [1.54, 1.807) is 4.57 Å². The average molecular weight is 304 g/mol. The molecule has 0 N–H and O–H groups in total. The Balaban J connectivity index is 2.25. The molecule has 0 spiro atoms. The molecule has 0 unspecified atom stereocenters. The monoisotopic (exact) mass is 304 g/mol. The third kappa shape index (κ3) is 1.91. The molecule has 1 heterocycles. The third-order valence-corrected chi connectivity index (χ3v) is 3.95. The first-order valence-corrected chi connectivity index (χ1v) is 7.08. The minimum absolute atomic E-state index is 0.0333. The van der Waals surface area contributed by atoms with Gasteiger partial charge in [0, 0.05) is 16.8 Å². The molecule has 0 saturated heterocycles. The van der Waals surface area contributed by atoms with Gasteiger partial charge in [-0.2, -0.15) is 5.26 Å². The van der Waals surface area contributed by atoms with Gasteiger partial charge in [0.1, 0.15) is 17.6 Å². The van der Waals surface area contributed by atoms with Gasteiger partial charge in [-0.1, -0.05) is 36.4 Å². The van der Waals surface area contributed by atoms with Crippen LogP contribution in [0.2, 0.25) is 0 Å². The standard InChI is InChI=1S/C19H10F2N2/c20-13-9-12(11-22)19(16(21)10-13)23-17-7-3-1-5-14(17)15-6-2-4-8-18(15)23/h1-10H. The topological polar surface area (TPSA) is 28.7 Å². The van der Waals surface area contributed by atoms with Crippen LogP contribution in [0.1, 0.15) is 5.56 Å². The molecule has 3 aromatic carbocycles. The Labute approximate surface area is 130 Å². The van der Waals surface area contributed by atoms with Crippen LogP contribution < -0.4 is 0 Å². The van der Waals surface area contributed by atoms with Gasteiger partial charge in [0.05, 0.1) is 16.6 Å². The van der Waals surface area contributed by atoms with Crippen molar-refractivity contribution in [3.8, 4) is 11.8 Å². The molecule has 4 heteroatoms. The van der Waals surface area contributed by atoms with E-state index in [-0.39, 0.29) is 11.3 Å². The normalized spacial score (nSPS) is 11.0. The predicted octanol–water partition coefficient (Wildman–Crippen LogP) is 4.93.